The summed E-state index contributed by atoms with van der Waals surface area (Å²) in [7, 11) is 0. The van der Waals surface area contributed by atoms with E-state index in [2.05, 4.69) is 37.9 Å². The minimum atomic E-state index is -0.539. The van der Waals surface area contributed by atoms with Crippen molar-refractivity contribution >= 4 is 45.1 Å². The van der Waals surface area contributed by atoms with Crippen molar-refractivity contribution in [2.75, 3.05) is 31.6 Å². The Morgan fingerprint density at radius 2 is 1.81 bits per heavy atom. The van der Waals surface area contributed by atoms with Crippen molar-refractivity contribution in [3.8, 4) is 0 Å². The van der Waals surface area contributed by atoms with Crippen molar-refractivity contribution in [1.29, 1.82) is 0 Å². The zero-order valence-corrected chi connectivity index (χ0v) is 26.1. The summed E-state index contributed by atoms with van der Waals surface area (Å²) < 4.78 is 11.0. The molecule has 0 radical (unpaired) electrons. The highest BCUT2D eigenvalue weighted by molar-refractivity contribution is 7.17. The number of esters is 2. The van der Waals surface area contributed by atoms with Crippen LogP contribution in [0.25, 0.3) is 10.9 Å². The van der Waals surface area contributed by atoms with Crippen LogP contribution in [0.3, 0.4) is 0 Å². The highest BCUT2D eigenvalue weighted by Crippen LogP contribution is 2.44. The van der Waals surface area contributed by atoms with E-state index in [-0.39, 0.29) is 12.0 Å². The first kappa shape index (κ1) is 30.2. The first-order chi connectivity index (χ1) is 20.1. The van der Waals surface area contributed by atoms with E-state index in [1.165, 1.54) is 11.3 Å². The van der Waals surface area contributed by atoms with Crippen molar-refractivity contribution in [3.63, 3.8) is 0 Å². The van der Waals surface area contributed by atoms with E-state index in [0.29, 0.717) is 28.6 Å². The zero-order chi connectivity index (χ0) is 30.0. The summed E-state index contributed by atoms with van der Waals surface area (Å²) in [5.74, 6) is -0.970. The third kappa shape index (κ3) is 6.22. The predicted octanol–water partition coefficient (Wildman–Crippen LogP) is 6.19. The van der Waals surface area contributed by atoms with Crippen molar-refractivity contribution in [2.45, 2.75) is 73.3 Å². The standard InChI is InChI=1S/C33H41N3O5S/c1-6-15-36-16-14-25-23(18-36)28(21-10-8-9-11-24(21)34-25)31(38)41-19-27(37)35-30-29(32(39)40-7-2)22-13-12-20(33(3,4)5)17-26(22)42-30/h8-11,20H,6-7,12-19H2,1-5H3,(H,35,37). The van der Waals surface area contributed by atoms with E-state index in [9.17, 15) is 14.4 Å². The van der Waals surface area contributed by atoms with E-state index in [1.54, 1.807) is 6.92 Å². The Hall–Kier alpha value is -3.30. The van der Waals surface area contributed by atoms with Crippen LogP contribution in [0.1, 0.15) is 89.9 Å². The maximum Gasteiger partial charge on any atom is 0.341 e. The van der Waals surface area contributed by atoms with Crippen LogP contribution < -0.4 is 5.32 Å². The third-order valence-electron chi connectivity index (χ3n) is 8.43. The molecule has 3 aromatic rings. The molecule has 0 spiro atoms. The Morgan fingerprint density at radius 1 is 1.05 bits per heavy atom. The number of benzene rings is 1. The second-order valence-corrected chi connectivity index (χ2v) is 13.4. The molecule has 1 aliphatic heterocycles. The molecule has 9 heteroatoms. The molecule has 0 bridgehead atoms. The highest BCUT2D eigenvalue weighted by Gasteiger charge is 2.35. The van der Waals surface area contributed by atoms with E-state index in [0.717, 1.165) is 77.8 Å². The Labute approximate surface area is 251 Å². The minimum absolute atomic E-state index is 0.146. The van der Waals surface area contributed by atoms with E-state index < -0.39 is 24.5 Å². The summed E-state index contributed by atoms with van der Waals surface area (Å²) in [6.45, 7) is 12.9. The summed E-state index contributed by atoms with van der Waals surface area (Å²) >= 11 is 1.43. The van der Waals surface area contributed by atoms with Crippen LogP contribution in [0.4, 0.5) is 5.00 Å². The number of hydrogen-bond donors (Lipinski definition) is 1. The molecule has 224 valence electrons. The average molecular weight is 592 g/mol. The first-order valence-electron chi connectivity index (χ1n) is 15.0. The molecule has 1 N–H and O–H groups in total. The Kier molecular flexibility index (Phi) is 8.99. The number of pyridine rings is 1. The van der Waals surface area contributed by atoms with Gasteiger partial charge in [0.2, 0.25) is 0 Å². The molecule has 2 aliphatic rings. The monoisotopic (exact) mass is 591 g/mol. The lowest BCUT2D eigenvalue weighted by atomic mass is 9.72. The molecule has 8 nitrogen and oxygen atoms in total. The van der Waals surface area contributed by atoms with Gasteiger partial charge in [0.1, 0.15) is 5.00 Å². The van der Waals surface area contributed by atoms with Crippen LogP contribution in [0.15, 0.2) is 24.3 Å². The van der Waals surface area contributed by atoms with Crippen molar-refractivity contribution < 1.29 is 23.9 Å². The quantitative estimate of drug-likeness (QED) is 0.312. The van der Waals surface area contributed by atoms with Gasteiger partial charge in [0.05, 0.1) is 23.3 Å². The number of nitrogens with one attached hydrogen (secondary N) is 1. The van der Waals surface area contributed by atoms with Gasteiger partial charge in [-0.05, 0) is 62.1 Å². The normalized spacial score (nSPS) is 16.9. The van der Waals surface area contributed by atoms with Crippen LogP contribution in [0.5, 0.6) is 0 Å². The second-order valence-electron chi connectivity index (χ2n) is 12.3. The fourth-order valence-corrected chi connectivity index (χ4v) is 7.52. The van der Waals surface area contributed by atoms with Crippen molar-refractivity contribution in [1.82, 2.24) is 9.88 Å². The Balaban J connectivity index is 1.36. The van der Waals surface area contributed by atoms with Gasteiger partial charge in [0, 0.05) is 41.0 Å². The molecule has 1 atom stereocenters. The maximum atomic E-state index is 13.6. The molecule has 1 amide bonds. The molecule has 0 fully saturated rings. The number of carbonyl (C=O) groups excluding carboxylic acids is 3. The topological polar surface area (TPSA) is 97.8 Å². The number of para-hydroxylation sites is 1. The van der Waals surface area contributed by atoms with Gasteiger partial charge in [0.25, 0.3) is 5.91 Å². The van der Waals surface area contributed by atoms with Gasteiger partial charge in [-0.2, -0.15) is 0 Å². The van der Waals surface area contributed by atoms with Gasteiger partial charge in [-0.25, -0.2) is 9.59 Å². The van der Waals surface area contributed by atoms with Gasteiger partial charge in [-0.1, -0.05) is 45.9 Å². The highest BCUT2D eigenvalue weighted by atomic mass is 32.1. The summed E-state index contributed by atoms with van der Waals surface area (Å²) in [4.78, 5) is 48.0. The van der Waals surface area contributed by atoms with Crippen LogP contribution in [-0.2, 0) is 40.1 Å². The molecule has 1 aliphatic carbocycles. The average Bonchev–Trinajstić information content (AvgIpc) is 3.31. The van der Waals surface area contributed by atoms with E-state index >= 15 is 0 Å². The molecule has 0 saturated carbocycles. The maximum absolute atomic E-state index is 13.6. The lowest BCUT2D eigenvalue weighted by molar-refractivity contribution is -0.119. The molecule has 0 saturated heterocycles. The number of thiophene rings is 1. The number of aromatic nitrogens is 1. The molecule has 5 rings (SSSR count). The molecule has 2 aromatic heterocycles. The summed E-state index contributed by atoms with van der Waals surface area (Å²) in [5, 5.41) is 4.07. The molecule has 1 unspecified atom stereocenters. The number of carbonyl (C=O) groups is 3. The summed E-state index contributed by atoms with van der Waals surface area (Å²) in [5.41, 5.74) is 4.57. The van der Waals surface area contributed by atoms with Gasteiger partial charge in [0.15, 0.2) is 6.61 Å². The molecular formula is C33H41N3O5S. The predicted molar refractivity (Wildman–Crippen MR) is 165 cm³/mol. The first-order valence-corrected chi connectivity index (χ1v) is 15.8. The number of ether oxygens (including phenoxy) is 2. The SMILES string of the molecule is CCCN1CCc2nc3ccccc3c(C(=O)OCC(=O)Nc3sc4c(c3C(=O)OCC)CCC(C(C)(C)C)C4)c2C1. The number of hydrogen-bond acceptors (Lipinski definition) is 8. The van der Waals surface area contributed by atoms with Gasteiger partial charge in [-0.15, -0.1) is 11.3 Å². The lowest BCUT2D eigenvalue weighted by Gasteiger charge is -2.33. The number of rotatable bonds is 8. The van der Waals surface area contributed by atoms with Crippen LogP contribution in [-0.4, -0.2) is 54.0 Å². The lowest BCUT2D eigenvalue weighted by Crippen LogP contribution is -2.33. The van der Waals surface area contributed by atoms with Crippen LogP contribution in [0, 0.1) is 11.3 Å². The van der Waals surface area contributed by atoms with Gasteiger partial charge in [-0.3, -0.25) is 14.7 Å². The summed E-state index contributed by atoms with van der Waals surface area (Å²) in [6, 6.07) is 7.57. The number of anilines is 1. The second kappa shape index (κ2) is 12.5. The zero-order valence-electron chi connectivity index (χ0n) is 25.3. The molecule has 3 heterocycles. The fourth-order valence-electron chi connectivity index (χ4n) is 6.18. The third-order valence-corrected chi connectivity index (χ3v) is 9.60. The largest absolute Gasteiger partial charge is 0.462 e. The fraction of sp³-hybridized carbons (Fsp3) is 0.515. The number of nitrogens with zero attached hydrogens (tertiary/aromatic N) is 2. The van der Waals surface area contributed by atoms with Crippen LogP contribution >= 0.6 is 11.3 Å². The van der Waals surface area contributed by atoms with E-state index in [1.807, 2.05) is 24.3 Å². The Morgan fingerprint density at radius 3 is 2.55 bits per heavy atom. The van der Waals surface area contributed by atoms with Crippen molar-refractivity contribution in [2.24, 2.45) is 11.3 Å². The van der Waals surface area contributed by atoms with Gasteiger partial charge >= 0.3 is 11.9 Å². The molecule has 42 heavy (non-hydrogen) atoms. The number of fused-ring (bicyclic) bond motifs is 3. The molecule has 1 aromatic carbocycles. The van der Waals surface area contributed by atoms with Crippen molar-refractivity contribution in [3.05, 3.63) is 57.1 Å². The summed E-state index contributed by atoms with van der Waals surface area (Å²) in [6.07, 6.45) is 4.38. The Bertz CT molecular complexity index is 1510. The van der Waals surface area contributed by atoms with Crippen LogP contribution in [0.2, 0.25) is 0 Å². The smallest absolute Gasteiger partial charge is 0.341 e. The minimum Gasteiger partial charge on any atom is -0.462 e. The molecular weight excluding hydrogens is 550 g/mol. The number of amides is 1. The van der Waals surface area contributed by atoms with E-state index in [4.69, 9.17) is 14.5 Å². The van der Waals surface area contributed by atoms with Gasteiger partial charge < -0.3 is 14.8 Å².